The van der Waals surface area contributed by atoms with Gasteiger partial charge in [-0.25, -0.2) is 13.4 Å². The van der Waals surface area contributed by atoms with E-state index < -0.39 is 10.0 Å². The standard InChI is InChI=1S/C17H22N4O2S/c1-21-10-9-18-17(21)13-7-8-14-15(11-13)24(22,23)20-16(19-14)12-5-3-2-4-6-12/h7-12,16,19-20H,2-6H2,1H3. The lowest BCUT2D eigenvalue weighted by Crippen LogP contribution is -2.49. The molecule has 2 aliphatic rings. The van der Waals surface area contributed by atoms with E-state index in [1.165, 1.54) is 19.3 Å². The van der Waals surface area contributed by atoms with Crippen molar-refractivity contribution in [3.05, 3.63) is 30.6 Å². The molecule has 0 radical (unpaired) electrons. The zero-order valence-electron chi connectivity index (χ0n) is 13.7. The van der Waals surface area contributed by atoms with Crippen molar-refractivity contribution < 1.29 is 8.42 Å². The highest BCUT2D eigenvalue weighted by Gasteiger charge is 2.34. The first kappa shape index (κ1) is 15.7. The molecule has 1 atom stereocenters. The number of anilines is 1. The van der Waals surface area contributed by atoms with E-state index in [1.807, 2.05) is 29.9 Å². The van der Waals surface area contributed by atoms with Gasteiger partial charge < -0.3 is 9.88 Å². The van der Waals surface area contributed by atoms with Crippen LogP contribution >= 0.6 is 0 Å². The third kappa shape index (κ3) is 2.71. The molecule has 128 valence electrons. The van der Waals surface area contributed by atoms with Crippen LogP contribution in [0, 0.1) is 5.92 Å². The third-order valence-electron chi connectivity index (χ3n) is 5.06. The molecule has 1 aliphatic carbocycles. The summed E-state index contributed by atoms with van der Waals surface area (Å²) < 4.78 is 30.2. The average molecular weight is 346 g/mol. The summed E-state index contributed by atoms with van der Waals surface area (Å²) in [6, 6.07) is 5.48. The van der Waals surface area contributed by atoms with E-state index in [1.54, 1.807) is 12.3 Å². The third-order valence-corrected chi connectivity index (χ3v) is 6.55. The number of nitrogens with one attached hydrogen (secondary N) is 2. The molecular weight excluding hydrogens is 324 g/mol. The van der Waals surface area contributed by atoms with Gasteiger partial charge in [0.1, 0.15) is 10.7 Å². The van der Waals surface area contributed by atoms with Gasteiger partial charge in [-0.3, -0.25) is 0 Å². The van der Waals surface area contributed by atoms with Crippen LogP contribution in [0.25, 0.3) is 11.4 Å². The second kappa shape index (κ2) is 5.89. The number of imidazole rings is 1. The minimum atomic E-state index is -3.52. The topological polar surface area (TPSA) is 76.0 Å². The fourth-order valence-corrected chi connectivity index (χ4v) is 5.17. The van der Waals surface area contributed by atoms with Gasteiger partial charge in [0.25, 0.3) is 0 Å². The van der Waals surface area contributed by atoms with Gasteiger partial charge in [-0.15, -0.1) is 0 Å². The minimum absolute atomic E-state index is 0.207. The lowest BCUT2D eigenvalue weighted by atomic mass is 9.87. The summed E-state index contributed by atoms with van der Waals surface area (Å²) in [5, 5.41) is 3.39. The predicted octanol–water partition coefficient (Wildman–Crippen LogP) is 2.70. The molecule has 1 aliphatic heterocycles. The van der Waals surface area contributed by atoms with Gasteiger partial charge in [-0.05, 0) is 37.0 Å². The van der Waals surface area contributed by atoms with Crippen LogP contribution in [-0.2, 0) is 17.1 Å². The Balaban J connectivity index is 1.69. The molecule has 4 rings (SSSR count). The van der Waals surface area contributed by atoms with Gasteiger partial charge in [0.05, 0.1) is 11.9 Å². The van der Waals surface area contributed by atoms with Crippen molar-refractivity contribution in [2.45, 2.75) is 43.2 Å². The Hall–Kier alpha value is -1.86. The van der Waals surface area contributed by atoms with Crippen LogP contribution in [0.1, 0.15) is 32.1 Å². The highest BCUT2D eigenvalue weighted by molar-refractivity contribution is 7.89. The molecule has 0 saturated heterocycles. The molecule has 1 unspecified atom stereocenters. The van der Waals surface area contributed by atoms with Gasteiger partial charge in [0.2, 0.25) is 10.0 Å². The van der Waals surface area contributed by atoms with Crippen molar-refractivity contribution in [2.75, 3.05) is 5.32 Å². The molecule has 24 heavy (non-hydrogen) atoms. The van der Waals surface area contributed by atoms with Crippen molar-refractivity contribution in [1.29, 1.82) is 0 Å². The largest absolute Gasteiger partial charge is 0.368 e. The highest BCUT2D eigenvalue weighted by Crippen LogP contribution is 2.35. The number of fused-ring (bicyclic) bond motifs is 1. The van der Waals surface area contributed by atoms with Gasteiger partial charge in [0.15, 0.2) is 0 Å². The Labute approximate surface area is 142 Å². The number of benzene rings is 1. The van der Waals surface area contributed by atoms with Crippen LogP contribution in [0.2, 0.25) is 0 Å². The monoisotopic (exact) mass is 346 g/mol. The first-order valence-corrected chi connectivity index (χ1v) is 9.93. The van der Waals surface area contributed by atoms with Gasteiger partial charge in [-0.2, -0.15) is 4.72 Å². The Morgan fingerprint density at radius 1 is 1.21 bits per heavy atom. The molecule has 2 N–H and O–H groups in total. The number of hydrogen-bond donors (Lipinski definition) is 2. The van der Waals surface area contributed by atoms with Gasteiger partial charge in [0, 0.05) is 25.0 Å². The minimum Gasteiger partial charge on any atom is -0.368 e. The zero-order valence-corrected chi connectivity index (χ0v) is 14.5. The molecule has 1 saturated carbocycles. The summed E-state index contributed by atoms with van der Waals surface area (Å²) in [5.41, 5.74) is 1.48. The van der Waals surface area contributed by atoms with E-state index in [0.717, 1.165) is 24.2 Å². The molecule has 2 aromatic rings. The molecule has 0 amide bonds. The van der Waals surface area contributed by atoms with Crippen LogP contribution in [-0.4, -0.2) is 24.1 Å². The molecular formula is C17H22N4O2S. The lowest BCUT2D eigenvalue weighted by Gasteiger charge is -2.35. The molecule has 6 nitrogen and oxygen atoms in total. The summed E-state index contributed by atoms with van der Waals surface area (Å²) in [7, 11) is -1.62. The van der Waals surface area contributed by atoms with E-state index in [0.29, 0.717) is 16.5 Å². The molecule has 1 fully saturated rings. The number of sulfonamides is 1. The van der Waals surface area contributed by atoms with Crippen molar-refractivity contribution in [3.8, 4) is 11.4 Å². The van der Waals surface area contributed by atoms with Crippen LogP contribution in [0.3, 0.4) is 0 Å². The van der Waals surface area contributed by atoms with E-state index in [2.05, 4.69) is 15.0 Å². The molecule has 2 heterocycles. The highest BCUT2D eigenvalue weighted by atomic mass is 32.2. The Morgan fingerprint density at radius 3 is 2.71 bits per heavy atom. The lowest BCUT2D eigenvalue weighted by molar-refractivity contribution is 0.306. The first-order valence-electron chi connectivity index (χ1n) is 8.45. The van der Waals surface area contributed by atoms with E-state index in [4.69, 9.17) is 0 Å². The van der Waals surface area contributed by atoms with E-state index in [9.17, 15) is 8.42 Å². The summed E-state index contributed by atoms with van der Waals surface area (Å²) in [6.45, 7) is 0. The Kier molecular flexibility index (Phi) is 3.85. The van der Waals surface area contributed by atoms with Crippen molar-refractivity contribution in [3.63, 3.8) is 0 Å². The van der Waals surface area contributed by atoms with Crippen molar-refractivity contribution >= 4 is 15.7 Å². The van der Waals surface area contributed by atoms with Crippen LogP contribution < -0.4 is 10.0 Å². The maximum absolute atomic E-state index is 12.8. The van der Waals surface area contributed by atoms with E-state index >= 15 is 0 Å². The molecule has 0 bridgehead atoms. The van der Waals surface area contributed by atoms with Crippen LogP contribution in [0.5, 0.6) is 0 Å². The van der Waals surface area contributed by atoms with Crippen LogP contribution in [0.4, 0.5) is 5.69 Å². The molecule has 7 heteroatoms. The number of aromatic nitrogens is 2. The van der Waals surface area contributed by atoms with Crippen molar-refractivity contribution in [1.82, 2.24) is 14.3 Å². The van der Waals surface area contributed by atoms with Crippen LogP contribution in [0.15, 0.2) is 35.5 Å². The summed E-state index contributed by atoms with van der Waals surface area (Å²) in [6.07, 6.45) is 9.09. The smallest absolute Gasteiger partial charge is 0.244 e. The second-order valence-corrected chi connectivity index (χ2v) is 8.40. The van der Waals surface area contributed by atoms with Gasteiger partial charge >= 0.3 is 0 Å². The fraction of sp³-hybridized carbons (Fsp3) is 0.471. The molecule has 0 spiro atoms. The maximum Gasteiger partial charge on any atom is 0.244 e. The quantitative estimate of drug-likeness (QED) is 0.877. The number of nitrogens with zero attached hydrogens (tertiary/aromatic N) is 2. The molecule has 1 aromatic carbocycles. The number of hydrogen-bond acceptors (Lipinski definition) is 4. The maximum atomic E-state index is 12.8. The zero-order chi connectivity index (χ0) is 16.7. The normalized spacial score (nSPS) is 23.5. The summed E-state index contributed by atoms with van der Waals surface area (Å²) in [4.78, 5) is 4.60. The summed E-state index contributed by atoms with van der Waals surface area (Å²) in [5.74, 6) is 1.11. The predicted molar refractivity (Wildman–Crippen MR) is 93.0 cm³/mol. The number of rotatable bonds is 2. The van der Waals surface area contributed by atoms with Crippen molar-refractivity contribution in [2.24, 2.45) is 13.0 Å². The average Bonchev–Trinajstić information content (AvgIpc) is 3.01. The first-order chi connectivity index (χ1) is 11.5. The Bertz CT molecular complexity index is 853. The van der Waals surface area contributed by atoms with Gasteiger partial charge in [-0.1, -0.05) is 19.3 Å². The number of aryl methyl sites for hydroxylation is 1. The van der Waals surface area contributed by atoms with E-state index in [-0.39, 0.29) is 6.17 Å². The second-order valence-electron chi connectivity index (χ2n) is 6.71. The summed E-state index contributed by atoms with van der Waals surface area (Å²) >= 11 is 0. The fourth-order valence-electron chi connectivity index (χ4n) is 3.76. The Morgan fingerprint density at radius 2 is 2.00 bits per heavy atom. The molecule has 1 aromatic heterocycles. The SMILES string of the molecule is Cn1ccnc1-c1ccc2c(c1)S(=O)(=O)NC(C1CCCCC1)N2.